The van der Waals surface area contributed by atoms with Gasteiger partial charge in [0.15, 0.2) is 6.61 Å². The molecule has 0 saturated carbocycles. The number of carbonyl (C=O) groups excluding carboxylic acids is 1. The first-order chi connectivity index (χ1) is 11.5. The van der Waals surface area contributed by atoms with Crippen molar-refractivity contribution in [1.29, 1.82) is 0 Å². The number of carbonyl (C=O) groups is 1. The summed E-state index contributed by atoms with van der Waals surface area (Å²) in [6, 6.07) is 10.9. The second-order valence-electron chi connectivity index (χ2n) is 6.05. The minimum absolute atomic E-state index is 0.0624. The topological polar surface area (TPSA) is 68.5 Å². The highest BCUT2D eigenvalue weighted by molar-refractivity contribution is 6.07. The minimum atomic E-state index is -0.380. The first-order valence-electron chi connectivity index (χ1n) is 7.84. The molecule has 0 fully saturated rings. The number of aryl methyl sites for hydroxylation is 1. The molecule has 0 unspecified atom stereocenters. The molecule has 1 heterocycles. The van der Waals surface area contributed by atoms with Crippen LogP contribution in [0.2, 0.25) is 0 Å². The molecule has 0 aliphatic rings. The lowest BCUT2D eigenvalue weighted by molar-refractivity contribution is -0.123. The summed E-state index contributed by atoms with van der Waals surface area (Å²) in [5, 5.41) is 5.26. The molecule has 3 aromatic rings. The molecule has 1 aromatic heterocycles. The van der Waals surface area contributed by atoms with E-state index >= 15 is 0 Å². The zero-order valence-corrected chi connectivity index (χ0v) is 13.9. The molecule has 2 aromatic carbocycles. The number of ether oxygens (including phenoxy) is 1. The predicted molar refractivity (Wildman–Crippen MR) is 93.5 cm³/mol. The van der Waals surface area contributed by atoms with Gasteiger partial charge in [-0.3, -0.25) is 4.79 Å². The minimum Gasteiger partial charge on any atom is -0.483 e. The van der Waals surface area contributed by atoms with Gasteiger partial charge in [0.2, 0.25) is 0 Å². The van der Waals surface area contributed by atoms with E-state index in [-0.39, 0.29) is 24.2 Å². The van der Waals surface area contributed by atoms with Crippen LogP contribution in [0.15, 0.2) is 45.6 Å². The van der Waals surface area contributed by atoms with Crippen molar-refractivity contribution in [1.82, 2.24) is 5.32 Å². The standard InChI is InChI=1S/C19H19NO4/c1-11(2)20-17(21)10-23-16-6-4-5-15-14(16)8-7-13-12(3)9-18(22)24-19(13)15/h4-9,11H,10H2,1-3H3,(H,20,21). The van der Waals surface area contributed by atoms with Crippen LogP contribution in [0.5, 0.6) is 5.75 Å². The second-order valence-corrected chi connectivity index (χ2v) is 6.05. The van der Waals surface area contributed by atoms with E-state index in [2.05, 4.69) is 5.32 Å². The van der Waals surface area contributed by atoms with Gasteiger partial charge < -0.3 is 14.5 Å². The molecular formula is C19H19NO4. The Balaban J connectivity index is 2.03. The normalized spacial score (nSPS) is 11.2. The van der Waals surface area contributed by atoms with Crippen molar-refractivity contribution in [2.75, 3.05) is 6.61 Å². The quantitative estimate of drug-likeness (QED) is 0.591. The maximum Gasteiger partial charge on any atom is 0.336 e. The number of fused-ring (bicyclic) bond motifs is 3. The van der Waals surface area contributed by atoms with Gasteiger partial charge in [0.05, 0.1) is 0 Å². The van der Waals surface area contributed by atoms with E-state index in [0.29, 0.717) is 11.3 Å². The molecule has 5 nitrogen and oxygen atoms in total. The highest BCUT2D eigenvalue weighted by atomic mass is 16.5. The summed E-state index contributed by atoms with van der Waals surface area (Å²) in [5.41, 5.74) is 1.02. The zero-order valence-electron chi connectivity index (χ0n) is 13.9. The van der Waals surface area contributed by atoms with Crippen molar-refractivity contribution in [2.45, 2.75) is 26.8 Å². The highest BCUT2D eigenvalue weighted by Gasteiger charge is 2.11. The maximum atomic E-state index is 11.8. The van der Waals surface area contributed by atoms with Crippen LogP contribution in [-0.4, -0.2) is 18.6 Å². The van der Waals surface area contributed by atoms with E-state index in [1.54, 1.807) is 6.07 Å². The van der Waals surface area contributed by atoms with Crippen LogP contribution in [0.25, 0.3) is 21.7 Å². The van der Waals surface area contributed by atoms with E-state index in [1.807, 2.05) is 45.0 Å². The zero-order chi connectivity index (χ0) is 17.3. The van der Waals surface area contributed by atoms with Gasteiger partial charge in [-0.2, -0.15) is 0 Å². The molecule has 3 rings (SSSR count). The van der Waals surface area contributed by atoms with E-state index < -0.39 is 0 Å². The molecule has 0 aliphatic carbocycles. The fourth-order valence-electron chi connectivity index (χ4n) is 2.74. The van der Waals surface area contributed by atoms with Crippen LogP contribution in [-0.2, 0) is 4.79 Å². The molecule has 1 N–H and O–H groups in total. The Hall–Kier alpha value is -2.82. The van der Waals surface area contributed by atoms with Gasteiger partial charge in [-0.25, -0.2) is 4.79 Å². The third kappa shape index (κ3) is 3.11. The van der Waals surface area contributed by atoms with E-state index in [4.69, 9.17) is 9.15 Å². The number of amides is 1. The molecule has 24 heavy (non-hydrogen) atoms. The SMILES string of the molecule is Cc1cc(=O)oc2c1ccc1c(OCC(=O)NC(C)C)cccc12. The summed E-state index contributed by atoms with van der Waals surface area (Å²) < 4.78 is 11.1. The summed E-state index contributed by atoms with van der Waals surface area (Å²) in [6.45, 7) is 5.60. The second kappa shape index (κ2) is 6.35. The smallest absolute Gasteiger partial charge is 0.336 e. The van der Waals surface area contributed by atoms with Crippen molar-refractivity contribution in [3.05, 3.63) is 52.4 Å². The van der Waals surface area contributed by atoms with E-state index in [0.717, 1.165) is 21.7 Å². The van der Waals surface area contributed by atoms with Crippen molar-refractivity contribution in [3.63, 3.8) is 0 Å². The Kier molecular flexibility index (Phi) is 4.25. The van der Waals surface area contributed by atoms with Gasteiger partial charge in [0.25, 0.3) is 5.91 Å². The van der Waals surface area contributed by atoms with Crippen LogP contribution < -0.4 is 15.7 Å². The lowest BCUT2D eigenvalue weighted by Crippen LogP contribution is -2.34. The Bertz CT molecular complexity index is 972. The number of benzene rings is 2. The third-order valence-electron chi connectivity index (χ3n) is 3.74. The van der Waals surface area contributed by atoms with Gasteiger partial charge in [-0.15, -0.1) is 0 Å². The molecule has 0 radical (unpaired) electrons. The van der Waals surface area contributed by atoms with Crippen LogP contribution in [0.1, 0.15) is 19.4 Å². The summed E-state index contributed by atoms with van der Waals surface area (Å²) in [4.78, 5) is 23.5. The molecule has 0 bridgehead atoms. The van der Waals surface area contributed by atoms with Crippen molar-refractivity contribution in [3.8, 4) is 5.75 Å². The first kappa shape index (κ1) is 16.1. The molecule has 0 aliphatic heterocycles. The largest absolute Gasteiger partial charge is 0.483 e. The lowest BCUT2D eigenvalue weighted by Gasteiger charge is -2.12. The van der Waals surface area contributed by atoms with Crippen LogP contribution in [0.4, 0.5) is 0 Å². The Morgan fingerprint density at radius 2 is 1.92 bits per heavy atom. The summed E-state index contributed by atoms with van der Waals surface area (Å²) in [7, 11) is 0. The highest BCUT2D eigenvalue weighted by Crippen LogP contribution is 2.32. The summed E-state index contributed by atoms with van der Waals surface area (Å²) in [5.74, 6) is 0.405. The average molecular weight is 325 g/mol. The molecule has 124 valence electrons. The fraction of sp³-hybridized carbons (Fsp3) is 0.263. The van der Waals surface area contributed by atoms with Crippen molar-refractivity contribution in [2.24, 2.45) is 0 Å². The van der Waals surface area contributed by atoms with Gasteiger partial charge in [-0.05, 0) is 38.5 Å². The maximum absolute atomic E-state index is 11.8. The van der Waals surface area contributed by atoms with Crippen molar-refractivity contribution < 1.29 is 13.9 Å². The molecule has 1 amide bonds. The van der Waals surface area contributed by atoms with E-state index in [9.17, 15) is 9.59 Å². The Morgan fingerprint density at radius 3 is 2.67 bits per heavy atom. The molecule has 5 heteroatoms. The average Bonchev–Trinajstić information content (AvgIpc) is 2.51. The lowest BCUT2D eigenvalue weighted by atomic mass is 10.0. The number of hydrogen-bond acceptors (Lipinski definition) is 4. The number of rotatable bonds is 4. The summed E-state index contributed by atoms with van der Waals surface area (Å²) >= 11 is 0. The van der Waals surface area contributed by atoms with Gasteiger partial charge in [0, 0.05) is 28.3 Å². The van der Waals surface area contributed by atoms with Gasteiger partial charge >= 0.3 is 5.63 Å². The predicted octanol–water partition coefficient (Wildman–Crippen LogP) is 3.16. The number of hydrogen-bond donors (Lipinski definition) is 1. The molecular weight excluding hydrogens is 306 g/mol. The van der Waals surface area contributed by atoms with Crippen LogP contribution in [0.3, 0.4) is 0 Å². The van der Waals surface area contributed by atoms with Crippen LogP contribution in [0, 0.1) is 6.92 Å². The Morgan fingerprint density at radius 1 is 1.17 bits per heavy atom. The first-order valence-corrected chi connectivity index (χ1v) is 7.84. The Labute approximate surface area is 139 Å². The summed E-state index contributed by atoms with van der Waals surface area (Å²) in [6.07, 6.45) is 0. The number of nitrogens with one attached hydrogen (secondary N) is 1. The van der Waals surface area contributed by atoms with Crippen molar-refractivity contribution >= 4 is 27.6 Å². The fourth-order valence-corrected chi connectivity index (χ4v) is 2.74. The van der Waals surface area contributed by atoms with Gasteiger partial charge in [-0.1, -0.05) is 18.2 Å². The molecule has 0 saturated heterocycles. The van der Waals surface area contributed by atoms with Gasteiger partial charge in [0.1, 0.15) is 11.3 Å². The molecule has 0 spiro atoms. The van der Waals surface area contributed by atoms with Crippen LogP contribution >= 0.6 is 0 Å². The third-order valence-corrected chi connectivity index (χ3v) is 3.74. The van der Waals surface area contributed by atoms with E-state index in [1.165, 1.54) is 6.07 Å². The monoisotopic (exact) mass is 325 g/mol. The molecule has 0 atom stereocenters.